The van der Waals surface area contributed by atoms with E-state index in [1.54, 1.807) is 6.07 Å². The van der Waals surface area contributed by atoms with Gasteiger partial charge in [0, 0.05) is 23.3 Å². The Morgan fingerprint density at radius 3 is 2.48 bits per heavy atom. The van der Waals surface area contributed by atoms with E-state index in [2.05, 4.69) is 15.2 Å². The Hall–Kier alpha value is -4.07. The maximum atomic E-state index is 11.9. The third kappa shape index (κ3) is 2.89. The molecule has 0 amide bonds. The van der Waals surface area contributed by atoms with Crippen LogP contribution in [0.2, 0.25) is 0 Å². The third-order valence-electron chi connectivity index (χ3n) is 4.17. The summed E-state index contributed by atoms with van der Waals surface area (Å²) in [5.41, 5.74) is 2.24. The third-order valence-corrected chi connectivity index (χ3v) is 4.17. The molecule has 0 aliphatic heterocycles. The van der Waals surface area contributed by atoms with Gasteiger partial charge in [-0.05, 0) is 6.07 Å². The first kappa shape index (κ1) is 16.4. The summed E-state index contributed by atoms with van der Waals surface area (Å²) in [5.74, 6) is -1.13. The van der Waals surface area contributed by atoms with Crippen LogP contribution in [0, 0.1) is 10.1 Å². The number of nitrogens with one attached hydrogen (secondary N) is 1. The molecule has 0 saturated carbocycles. The highest BCUT2D eigenvalue weighted by atomic mass is 16.6. The van der Waals surface area contributed by atoms with Crippen molar-refractivity contribution in [3.63, 3.8) is 0 Å². The molecule has 0 bridgehead atoms. The molecule has 0 spiro atoms. The van der Waals surface area contributed by atoms with Crippen LogP contribution in [-0.2, 0) is 0 Å². The minimum Gasteiger partial charge on any atom is -0.478 e. The van der Waals surface area contributed by atoms with Gasteiger partial charge in [0.1, 0.15) is 0 Å². The average Bonchev–Trinajstić information content (AvgIpc) is 3.12. The molecule has 8 heteroatoms. The second-order valence-electron chi connectivity index (χ2n) is 5.83. The van der Waals surface area contributed by atoms with Gasteiger partial charge in [0.15, 0.2) is 5.65 Å². The highest BCUT2D eigenvalue weighted by molar-refractivity contribution is 6.08. The van der Waals surface area contributed by atoms with Gasteiger partial charge in [-0.25, -0.2) is 9.78 Å². The van der Waals surface area contributed by atoms with Crippen LogP contribution in [0.4, 0.5) is 5.69 Å². The maximum Gasteiger partial charge on any atom is 0.336 e. The molecule has 132 valence electrons. The number of aromatic carboxylic acids is 1. The number of nitro benzene ring substituents is 1. The van der Waals surface area contributed by atoms with Crippen LogP contribution < -0.4 is 0 Å². The summed E-state index contributed by atoms with van der Waals surface area (Å²) in [4.78, 5) is 26.9. The van der Waals surface area contributed by atoms with Crippen LogP contribution in [-0.4, -0.2) is 31.2 Å². The lowest BCUT2D eigenvalue weighted by Crippen LogP contribution is -2.00. The highest BCUT2D eigenvalue weighted by Gasteiger charge is 2.20. The van der Waals surface area contributed by atoms with Gasteiger partial charge in [-0.15, -0.1) is 0 Å². The molecule has 0 atom stereocenters. The Morgan fingerprint density at radius 2 is 1.78 bits per heavy atom. The summed E-state index contributed by atoms with van der Waals surface area (Å²) in [7, 11) is 0. The molecule has 0 aliphatic carbocycles. The van der Waals surface area contributed by atoms with Crippen LogP contribution in [0.15, 0.2) is 60.7 Å². The average molecular weight is 360 g/mol. The van der Waals surface area contributed by atoms with Gasteiger partial charge in [-0.1, -0.05) is 42.5 Å². The molecular weight excluding hydrogens is 348 g/mol. The van der Waals surface area contributed by atoms with Crippen molar-refractivity contribution in [2.75, 3.05) is 0 Å². The Balaban J connectivity index is 1.96. The van der Waals surface area contributed by atoms with E-state index < -0.39 is 10.9 Å². The number of fused-ring (bicyclic) bond motifs is 1. The molecule has 8 nitrogen and oxygen atoms in total. The van der Waals surface area contributed by atoms with Crippen LogP contribution >= 0.6 is 0 Å². The van der Waals surface area contributed by atoms with E-state index in [1.165, 1.54) is 24.3 Å². The number of nitro groups is 1. The van der Waals surface area contributed by atoms with E-state index >= 15 is 0 Å². The number of carbonyl (C=O) groups is 1. The largest absolute Gasteiger partial charge is 0.478 e. The molecule has 2 N–H and O–H groups in total. The van der Waals surface area contributed by atoms with Gasteiger partial charge >= 0.3 is 5.97 Å². The fourth-order valence-electron chi connectivity index (χ4n) is 2.93. The van der Waals surface area contributed by atoms with Crippen molar-refractivity contribution in [1.29, 1.82) is 0 Å². The summed E-state index contributed by atoms with van der Waals surface area (Å²) in [6, 6.07) is 16.6. The number of benzene rings is 2. The number of non-ortho nitro benzene ring substituents is 1. The Labute approximate surface area is 152 Å². The summed E-state index contributed by atoms with van der Waals surface area (Å²) in [5, 5.41) is 28.0. The molecule has 0 saturated heterocycles. The molecule has 4 rings (SSSR count). The zero-order chi connectivity index (χ0) is 19.0. The van der Waals surface area contributed by atoms with Crippen molar-refractivity contribution in [2.24, 2.45) is 0 Å². The first-order valence-corrected chi connectivity index (χ1v) is 7.97. The second kappa shape index (κ2) is 6.34. The topological polar surface area (TPSA) is 122 Å². The van der Waals surface area contributed by atoms with E-state index in [1.807, 2.05) is 30.3 Å². The molecule has 0 fully saturated rings. The molecule has 4 aromatic rings. The molecule has 2 aromatic carbocycles. The summed E-state index contributed by atoms with van der Waals surface area (Å²) in [6.07, 6.45) is 0. The van der Waals surface area contributed by atoms with E-state index in [0.717, 1.165) is 5.56 Å². The number of hydrogen-bond donors (Lipinski definition) is 2. The number of hydrogen-bond acceptors (Lipinski definition) is 5. The minimum atomic E-state index is -1.13. The standard InChI is InChI=1S/C19H12N4O4/c24-19(25)14-10-15(11-5-2-1-3-6-11)20-18-16(14)17(21-22-18)12-7-4-8-13(9-12)23(26)27/h1-10H,(H,24,25)(H,20,21,22). The number of rotatable bonds is 4. The molecule has 27 heavy (non-hydrogen) atoms. The number of aromatic nitrogens is 3. The number of H-pyrrole nitrogens is 1. The Kier molecular flexibility index (Phi) is 3.85. The predicted octanol–water partition coefficient (Wildman–Crippen LogP) is 3.90. The van der Waals surface area contributed by atoms with E-state index in [4.69, 9.17) is 0 Å². The quantitative estimate of drug-likeness (QED) is 0.420. The molecule has 0 radical (unpaired) electrons. The van der Waals surface area contributed by atoms with Crippen LogP contribution in [0.5, 0.6) is 0 Å². The fraction of sp³-hybridized carbons (Fsp3) is 0. The normalized spacial score (nSPS) is 10.8. The zero-order valence-corrected chi connectivity index (χ0v) is 13.8. The van der Waals surface area contributed by atoms with Crippen molar-refractivity contribution < 1.29 is 14.8 Å². The van der Waals surface area contributed by atoms with Crippen molar-refractivity contribution in [1.82, 2.24) is 15.2 Å². The maximum absolute atomic E-state index is 11.9. The first-order valence-electron chi connectivity index (χ1n) is 7.97. The van der Waals surface area contributed by atoms with Crippen LogP contribution in [0.1, 0.15) is 10.4 Å². The molecule has 2 aromatic heterocycles. The van der Waals surface area contributed by atoms with Crippen molar-refractivity contribution >= 4 is 22.7 Å². The second-order valence-corrected chi connectivity index (χ2v) is 5.83. The first-order chi connectivity index (χ1) is 13.0. The van der Waals surface area contributed by atoms with Gasteiger partial charge in [0.25, 0.3) is 5.69 Å². The Morgan fingerprint density at radius 1 is 1.04 bits per heavy atom. The summed E-state index contributed by atoms with van der Waals surface area (Å²) in [6.45, 7) is 0. The van der Waals surface area contributed by atoms with Crippen molar-refractivity contribution in [3.8, 4) is 22.5 Å². The van der Waals surface area contributed by atoms with Crippen molar-refractivity contribution in [3.05, 3.63) is 76.3 Å². The van der Waals surface area contributed by atoms with Crippen LogP contribution in [0.25, 0.3) is 33.5 Å². The monoisotopic (exact) mass is 360 g/mol. The molecule has 0 aliphatic rings. The Bertz CT molecular complexity index is 1190. The SMILES string of the molecule is O=C(O)c1cc(-c2ccccc2)nc2n[nH]c(-c3cccc([N+](=O)[O-])c3)c12. The number of carboxylic acid groups (broad SMARTS) is 1. The van der Waals surface area contributed by atoms with Gasteiger partial charge < -0.3 is 5.11 Å². The van der Waals surface area contributed by atoms with Crippen molar-refractivity contribution in [2.45, 2.75) is 0 Å². The van der Waals surface area contributed by atoms with Gasteiger partial charge in [0.2, 0.25) is 0 Å². The van der Waals surface area contributed by atoms with Gasteiger partial charge in [-0.2, -0.15) is 5.10 Å². The van der Waals surface area contributed by atoms with E-state index in [9.17, 15) is 20.0 Å². The number of pyridine rings is 1. The number of carboxylic acids is 1. The smallest absolute Gasteiger partial charge is 0.336 e. The lowest BCUT2D eigenvalue weighted by molar-refractivity contribution is -0.384. The van der Waals surface area contributed by atoms with Crippen LogP contribution in [0.3, 0.4) is 0 Å². The van der Waals surface area contributed by atoms with Gasteiger partial charge in [0.05, 0.1) is 27.3 Å². The van der Waals surface area contributed by atoms with Gasteiger partial charge in [-0.3, -0.25) is 15.2 Å². The lowest BCUT2D eigenvalue weighted by atomic mass is 10.0. The zero-order valence-electron chi connectivity index (χ0n) is 13.8. The minimum absolute atomic E-state index is 0.0223. The highest BCUT2D eigenvalue weighted by Crippen LogP contribution is 2.32. The summed E-state index contributed by atoms with van der Waals surface area (Å²) >= 11 is 0. The summed E-state index contributed by atoms with van der Waals surface area (Å²) < 4.78 is 0. The fourth-order valence-corrected chi connectivity index (χ4v) is 2.93. The van der Waals surface area contributed by atoms with E-state index in [-0.39, 0.29) is 16.9 Å². The molecule has 2 heterocycles. The molecular formula is C19H12N4O4. The number of aromatic amines is 1. The lowest BCUT2D eigenvalue weighted by Gasteiger charge is -2.05. The molecule has 0 unspecified atom stereocenters. The predicted molar refractivity (Wildman–Crippen MR) is 98.4 cm³/mol. The number of nitrogens with zero attached hydrogens (tertiary/aromatic N) is 3. The van der Waals surface area contributed by atoms with E-state index in [0.29, 0.717) is 22.3 Å².